The van der Waals surface area contributed by atoms with Crippen molar-refractivity contribution in [2.45, 2.75) is 76.3 Å². The van der Waals surface area contributed by atoms with Crippen molar-refractivity contribution in [2.24, 2.45) is 0 Å². The van der Waals surface area contributed by atoms with Crippen LogP contribution in [0.4, 0.5) is 0 Å². The number of aliphatic hydroxyl groups is 1. The first kappa shape index (κ1) is 20.0. The fourth-order valence-corrected chi connectivity index (χ4v) is 5.79. The zero-order chi connectivity index (χ0) is 20.7. The summed E-state index contributed by atoms with van der Waals surface area (Å²) in [5.41, 5.74) is 2.43. The molecule has 3 heterocycles. The van der Waals surface area contributed by atoms with Crippen LogP contribution in [0.25, 0.3) is 10.9 Å². The number of nitrogens with one attached hydrogen (secondary N) is 1. The van der Waals surface area contributed by atoms with Crippen LogP contribution in [-0.2, 0) is 17.9 Å². The van der Waals surface area contributed by atoms with Gasteiger partial charge in [0, 0.05) is 61.4 Å². The van der Waals surface area contributed by atoms with Crippen LogP contribution in [0.2, 0.25) is 0 Å². The average molecular weight is 411 g/mol. The van der Waals surface area contributed by atoms with E-state index in [0.29, 0.717) is 24.7 Å². The summed E-state index contributed by atoms with van der Waals surface area (Å²) in [6.07, 6.45) is 7.57. The monoisotopic (exact) mass is 410 g/mol. The number of carbonyl (C=O) groups excluding carboxylic acids is 1. The number of para-hydroxylation sites is 1. The molecule has 2 N–H and O–H groups in total. The number of benzene rings is 1. The lowest BCUT2D eigenvalue weighted by Crippen LogP contribution is -2.54. The molecule has 1 saturated carbocycles. The van der Waals surface area contributed by atoms with Crippen molar-refractivity contribution in [3.05, 3.63) is 36.0 Å². The molecule has 30 heavy (non-hydrogen) atoms. The number of carbonyl (C=O) groups is 1. The summed E-state index contributed by atoms with van der Waals surface area (Å²) in [6.45, 7) is 6.39. The number of piperazine rings is 1. The molecule has 2 saturated heterocycles. The number of rotatable bonds is 5. The molecule has 3 atom stereocenters. The summed E-state index contributed by atoms with van der Waals surface area (Å²) in [7, 11) is 0. The maximum atomic E-state index is 12.6. The van der Waals surface area contributed by atoms with Crippen LogP contribution in [0.3, 0.4) is 0 Å². The van der Waals surface area contributed by atoms with E-state index >= 15 is 0 Å². The number of nitrogens with zero attached hydrogens (tertiary/aromatic N) is 3. The lowest BCUT2D eigenvalue weighted by atomic mass is 10.1. The van der Waals surface area contributed by atoms with Gasteiger partial charge < -0.3 is 15.0 Å². The van der Waals surface area contributed by atoms with Gasteiger partial charge in [-0.15, -0.1) is 0 Å². The highest BCUT2D eigenvalue weighted by Gasteiger charge is 2.38. The minimum Gasteiger partial charge on any atom is -0.392 e. The highest BCUT2D eigenvalue weighted by Crippen LogP contribution is 2.29. The SMILES string of the molecule is C[C@@H]1CN2C[C@H](O)CC2CN1Cc1cn(CC(=O)NC2CCCC2)c2ccccc12. The highest BCUT2D eigenvalue weighted by atomic mass is 16.3. The molecule has 6 heteroatoms. The number of hydrogen-bond donors (Lipinski definition) is 2. The van der Waals surface area contributed by atoms with Gasteiger partial charge in [0.25, 0.3) is 0 Å². The van der Waals surface area contributed by atoms with Crippen molar-refractivity contribution in [2.75, 3.05) is 19.6 Å². The summed E-state index contributed by atoms with van der Waals surface area (Å²) >= 11 is 0. The molecule has 3 aliphatic rings. The van der Waals surface area contributed by atoms with Crippen molar-refractivity contribution < 1.29 is 9.90 Å². The van der Waals surface area contributed by atoms with Gasteiger partial charge in [0.2, 0.25) is 5.91 Å². The van der Waals surface area contributed by atoms with Crippen molar-refractivity contribution in [1.29, 1.82) is 0 Å². The van der Waals surface area contributed by atoms with E-state index in [1.165, 1.54) is 23.8 Å². The predicted octanol–water partition coefficient (Wildman–Crippen LogP) is 2.34. The second-order valence-corrected chi connectivity index (χ2v) is 9.62. The molecule has 5 rings (SSSR count). The molecule has 1 aromatic heterocycles. The maximum absolute atomic E-state index is 12.6. The molecule has 2 aromatic rings. The summed E-state index contributed by atoms with van der Waals surface area (Å²) < 4.78 is 2.12. The number of aromatic nitrogens is 1. The lowest BCUT2D eigenvalue weighted by molar-refractivity contribution is -0.122. The molecule has 1 aromatic carbocycles. The predicted molar refractivity (Wildman–Crippen MR) is 118 cm³/mol. The summed E-state index contributed by atoms with van der Waals surface area (Å²) in [5, 5.41) is 14.5. The van der Waals surface area contributed by atoms with Crippen molar-refractivity contribution in [1.82, 2.24) is 19.7 Å². The summed E-state index contributed by atoms with van der Waals surface area (Å²) in [4.78, 5) is 17.6. The fourth-order valence-electron chi connectivity index (χ4n) is 5.79. The van der Waals surface area contributed by atoms with Gasteiger partial charge >= 0.3 is 0 Å². The Bertz CT molecular complexity index is 904. The number of aliphatic hydroxyl groups excluding tert-OH is 1. The van der Waals surface area contributed by atoms with Crippen LogP contribution in [0, 0.1) is 0 Å². The molecule has 6 nitrogen and oxygen atoms in total. The minimum absolute atomic E-state index is 0.121. The third-order valence-electron chi connectivity index (χ3n) is 7.35. The van der Waals surface area contributed by atoms with E-state index in [4.69, 9.17) is 0 Å². The van der Waals surface area contributed by atoms with Gasteiger partial charge in [0.15, 0.2) is 0 Å². The third kappa shape index (κ3) is 4.01. The van der Waals surface area contributed by atoms with Crippen LogP contribution < -0.4 is 5.32 Å². The van der Waals surface area contributed by atoms with Gasteiger partial charge in [-0.2, -0.15) is 0 Å². The number of hydrogen-bond acceptors (Lipinski definition) is 4. The second kappa shape index (κ2) is 8.33. The fraction of sp³-hybridized carbons (Fsp3) is 0.625. The van der Waals surface area contributed by atoms with Gasteiger partial charge in [-0.3, -0.25) is 14.6 Å². The quantitative estimate of drug-likeness (QED) is 0.794. The molecule has 0 spiro atoms. The van der Waals surface area contributed by atoms with Gasteiger partial charge in [0.05, 0.1) is 6.10 Å². The van der Waals surface area contributed by atoms with E-state index in [0.717, 1.165) is 51.0 Å². The van der Waals surface area contributed by atoms with Crippen LogP contribution >= 0.6 is 0 Å². The molecule has 1 amide bonds. The van der Waals surface area contributed by atoms with Crippen LogP contribution in [0.15, 0.2) is 30.5 Å². The van der Waals surface area contributed by atoms with E-state index in [9.17, 15) is 9.90 Å². The van der Waals surface area contributed by atoms with Gasteiger partial charge in [0.1, 0.15) is 6.54 Å². The van der Waals surface area contributed by atoms with E-state index in [1.807, 2.05) is 0 Å². The first-order valence-corrected chi connectivity index (χ1v) is 11.6. The zero-order valence-electron chi connectivity index (χ0n) is 18.0. The summed E-state index contributed by atoms with van der Waals surface area (Å²) in [6, 6.07) is 9.72. The Kier molecular flexibility index (Phi) is 5.56. The van der Waals surface area contributed by atoms with Crippen LogP contribution in [-0.4, -0.2) is 69.2 Å². The topological polar surface area (TPSA) is 60.7 Å². The van der Waals surface area contributed by atoms with E-state index in [1.54, 1.807) is 0 Å². The van der Waals surface area contributed by atoms with Crippen LogP contribution in [0.5, 0.6) is 0 Å². The molecule has 3 fully saturated rings. The van der Waals surface area contributed by atoms with Crippen molar-refractivity contribution in [3.8, 4) is 0 Å². The maximum Gasteiger partial charge on any atom is 0.240 e. The summed E-state index contributed by atoms with van der Waals surface area (Å²) in [5.74, 6) is 0.121. The Labute approximate surface area is 178 Å². The minimum atomic E-state index is -0.178. The Morgan fingerprint density at radius 3 is 2.80 bits per heavy atom. The van der Waals surface area contributed by atoms with E-state index < -0.39 is 0 Å². The Hall–Kier alpha value is -1.89. The average Bonchev–Trinajstić information content (AvgIpc) is 3.42. The number of amides is 1. The first-order chi connectivity index (χ1) is 14.6. The molecule has 1 unspecified atom stereocenters. The third-order valence-corrected chi connectivity index (χ3v) is 7.35. The first-order valence-electron chi connectivity index (χ1n) is 11.6. The smallest absolute Gasteiger partial charge is 0.240 e. The molecular weight excluding hydrogens is 376 g/mol. The molecule has 162 valence electrons. The Morgan fingerprint density at radius 1 is 1.17 bits per heavy atom. The molecular formula is C24H34N4O2. The standard InChI is InChI=1S/C24H34N4O2/c1-17-11-27-15-21(29)10-20(27)14-26(17)12-18-13-28(23-9-5-4-8-22(18)23)16-24(30)25-19-6-2-3-7-19/h4-5,8-9,13,17,19-21,29H,2-3,6-7,10-12,14-16H2,1H3,(H,25,30)/t17-,20?,21-/m1/s1. The van der Waals surface area contributed by atoms with Crippen molar-refractivity contribution in [3.63, 3.8) is 0 Å². The Balaban J connectivity index is 1.32. The number of fused-ring (bicyclic) bond motifs is 2. The normalized spacial score (nSPS) is 28.3. The highest BCUT2D eigenvalue weighted by molar-refractivity contribution is 5.86. The molecule has 0 radical (unpaired) electrons. The largest absolute Gasteiger partial charge is 0.392 e. The van der Waals surface area contributed by atoms with E-state index in [2.05, 4.69) is 57.1 Å². The molecule has 1 aliphatic carbocycles. The van der Waals surface area contributed by atoms with Crippen LogP contribution in [0.1, 0.15) is 44.6 Å². The van der Waals surface area contributed by atoms with Crippen molar-refractivity contribution >= 4 is 16.8 Å². The van der Waals surface area contributed by atoms with Gasteiger partial charge in [-0.1, -0.05) is 31.0 Å². The second-order valence-electron chi connectivity index (χ2n) is 9.62. The lowest BCUT2D eigenvalue weighted by Gasteiger charge is -2.42. The molecule has 2 aliphatic heterocycles. The Morgan fingerprint density at radius 2 is 1.97 bits per heavy atom. The molecule has 0 bridgehead atoms. The zero-order valence-corrected chi connectivity index (χ0v) is 18.0. The van der Waals surface area contributed by atoms with Gasteiger partial charge in [-0.05, 0) is 37.8 Å². The van der Waals surface area contributed by atoms with E-state index in [-0.39, 0.29) is 12.0 Å². The van der Waals surface area contributed by atoms with Gasteiger partial charge in [-0.25, -0.2) is 0 Å².